The Morgan fingerprint density at radius 2 is 2.42 bits per heavy atom. The van der Waals surface area contributed by atoms with E-state index in [4.69, 9.17) is 4.74 Å². The van der Waals surface area contributed by atoms with Crippen molar-refractivity contribution in [3.05, 3.63) is 11.1 Å². The molecular weight excluding hydrogens is 264 g/mol. The van der Waals surface area contributed by atoms with E-state index >= 15 is 0 Å². The smallest absolute Gasteiger partial charge is 0.305 e. The Kier molecular flexibility index (Phi) is 4.42. The predicted molar refractivity (Wildman–Crippen MR) is 74.7 cm³/mol. The number of aromatic nitrogens is 1. The van der Waals surface area contributed by atoms with Crippen LogP contribution in [-0.2, 0) is 20.7 Å². The molecule has 1 aliphatic rings. The molecule has 19 heavy (non-hydrogen) atoms. The number of esters is 1. The van der Waals surface area contributed by atoms with Gasteiger partial charge in [0.15, 0.2) is 5.13 Å². The standard InChI is InChI=1S/C13H20N2O3S/c1-13(2)9-15(6-7-18-13)12-14-10(8-19-12)4-5-11(16)17-3/h8H,4-7,9H2,1-3H3. The van der Waals surface area contributed by atoms with Gasteiger partial charge in [-0.1, -0.05) is 0 Å². The van der Waals surface area contributed by atoms with Crippen LogP contribution in [0.15, 0.2) is 5.38 Å². The van der Waals surface area contributed by atoms with Crippen LogP contribution in [0.25, 0.3) is 0 Å². The summed E-state index contributed by atoms with van der Waals surface area (Å²) in [6.07, 6.45) is 1.02. The number of nitrogens with zero attached hydrogens (tertiary/aromatic N) is 2. The maximum Gasteiger partial charge on any atom is 0.305 e. The summed E-state index contributed by atoms with van der Waals surface area (Å²) in [6.45, 7) is 6.62. The van der Waals surface area contributed by atoms with Crippen LogP contribution in [0.2, 0.25) is 0 Å². The van der Waals surface area contributed by atoms with Crippen molar-refractivity contribution in [2.75, 3.05) is 31.7 Å². The molecule has 0 atom stereocenters. The molecule has 6 heteroatoms. The zero-order valence-corrected chi connectivity index (χ0v) is 12.5. The van der Waals surface area contributed by atoms with E-state index in [1.807, 2.05) is 5.38 Å². The Hall–Kier alpha value is -1.14. The molecule has 2 rings (SSSR count). The molecule has 1 aromatic heterocycles. The number of thiazole rings is 1. The van der Waals surface area contributed by atoms with Crippen molar-refractivity contribution in [1.82, 2.24) is 4.98 Å². The minimum Gasteiger partial charge on any atom is -0.469 e. The van der Waals surface area contributed by atoms with Gasteiger partial charge in [-0.2, -0.15) is 0 Å². The van der Waals surface area contributed by atoms with E-state index in [2.05, 4.69) is 28.5 Å². The fraction of sp³-hybridized carbons (Fsp3) is 0.692. The zero-order chi connectivity index (χ0) is 13.9. The lowest BCUT2D eigenvalue weighted by molar-refractivity contribution is -0.140. The molecule has 0 saturated carbocycles. The van der Waals surface area contributed by atoms with E-state index in [1.54, 1.807) is 11.3 Å². The molecule has 0 unspecified atom stereocenters. The van der Waals surface area contributed by atoms with E-state index in [-0.39, 0.29) is 11.6 Å². The molecule has 1 aromatic rings. The van der Waals surface area contributed by atoms with E-state index in [1.165, 1.54) is 7.11 Å². The first kappa shape index (κ1) is 14.3. The van der Waals surface area contributed by atoms with Crippen molar-refractivity contribution in [3.8, 4) is 0 Å². The fourth-order valence-corrected chi connectivity index (χ4v) is 2.96. The van der Waals surface area contributed by atoms with Crippen molar-refractivity contribution in [1.29, 1.82) is 0 Å². The summed E-state index contributed by atoms with van der Waals surface area (Å²) in [5, 5.41) is 3.03. The van der Waals surface area contributed by atoms with Gasteiger partial charge in [0.25, 0.3) is 0 Å². The highest BCUT2D eigenvalue weighted by Gasteiger charge is 2.28. The molecule has 0 bridgehead atoms. The average molecular weight is 284 g/mol. The minimum absolute atomic E-state index is 0.129. The van der Waals surface area contributed by atoms with E-state index in [0.29, 0.717) is 12.8 Å². The normalized spacial score (nSPS) is 18.4. The Labute approximate surface area is 117 Å². The van der Waals surface area contributed by atoms with Crippen molar-refractivity contribution in [2.24, 2.45) is 0 Å². The molecule has 0 amide bonds. The number of rotatable bonds is 4. The number of aryl methyl sites for hydroxylation is 1. The van der Waals surface area contributed by atoms with Gasteiger partial charge in [-0.3, -0.25) is 4.79 Å². The summed E-state index contributed by atoms with van der Waals surface area (Å²) in [6, 6.07) is 0. The number of methoxy groups -OCH3 is 1. The number of carbonyl (C=O) groups is 1. The van der Waals surface area contributed by atoms with Gasteiger partial charge in [0, 0.05) is 24.9 Å². The van der Waals surface area contributed by atoms with E-state index in [9.17, 15) is 4.79 Å². The fourth-order valence-electron chi connectivity index (χ4n) is 2.07. The summed E-state index contributed by atoms with van der Waals surface area (Å²) in [5.41, 5.74) is 0.825. The first-order valence-electron chi connectivity index (χ1n) is 6.40. The highest BCUT2D eigenvalue weighted by molar-refractivity contribution is 7.13. The van der Waals surface area contributed by atoms with Crippen LogP contribution in [0.1, 0.15) is 26.0 Å². The Balaban J connectivity index is 1.95. The SMILES string of the molecule is COC(=O)CCc1csc(N2CCOC(C)(C)C2)n1. The highest BCUT2D eigenvalue weighted by atomic mass is 32.1. The second kappa shape index (κ2) is 5.88. The van der Waals surface area contributed by atoms with Gasteiger partial charge < -0.3 is 14.4 Å². The van der Waals surface area contributed by atoms with Gasteiger partial charge in [0.1, 0.15) is 0 Å². The van der Waals surface area contributed by atoms with Gasteiger partial charge >= 0.3 is 5.97 Å². The number of hydrogen-bond donors (Lipinski definition) is 0. The van der Waals surface area contributed by atoms with Gasteiger partial charge in [-0.25, -0.2) is 4.98 Å². The van der Waals surface area contributed by atoms with Crippen molar-refractivity contribution in [2.45, 2.75) is 32.3 Å². The lowest BCUT2D eigenvalue weighted by Crippen LogP contribution is -2.48. The second-order valence-corrected chi connectivity index (χ2v) is 6.06. The third-order valence-corrected chi connectivity index (χ3v) is 4.00. The molecule has 106 valence electrons. The molecule has 0 aliphatic carbocycles. The maximum atomic E-state index is 11.1. The lowest BCUT2D eigenvalue weighted by Gasteiger charge is -2.37. The zero-order valence-electron chi connectivity index (χ0n) is 11.6. The Morgan fingerprint density at radius 1 is 1.63 bits per heavy atom. The number of carbonyl (C=O) groups excluding carboxylic acids is 1. The average Bonchev–Trinajstić information content (AvgIpc) is 2.83. The van der Waals surface area contributed by atoms with E-state index in [0.717, 1.165) is 30.5 Å². The van der Waals surface area contributed by atoms with Crippen LogP contribution in [-0.4, -0.2) is 43.4 Å². The Bertz CT molecular complexity index is 445. The molecule has 1 saturated heterocycles. The van der Waals surface area contributed by atoms with Crippen LogP contribution in [0.5, 0.6) is 0 Å². The Morgan fingerprint density at radius 3 is 3.11 bits per heavy atom. The largest absolute Gasteiger partial charge is 0.469 e. The number of morpholine rings is 1. The summed E-state index contributed by atoms with van der Waals surface area (Å²) in [5.74, 6) is -0.193. The molecule has 0 radical (unpaired) electrons. The summed E-state index contributed by atoms with van der Waals surface area (Å²) < 4.78 is 10.3. The van der Waals surface area contributed by atoms with Gasteiger partial charge in [-0.15, -0.1) is 11.3 Å². The summed E-state index contributed by atoms with van der Waals surface area (Å²) in [7, 11) is 1.41. The van der Waals surface area contributed by atoms with Crippen molar-refractivity contribution < 1.29 is 14.3 Å². The van der Waals surface area contributed by atoms with Gasteiger partial charge in [0.2, 0.25) is 0 Å². The highest BCUT2D eigenvalue weighted by Crippen LogP contribution is 2.26. The third kappa shape index (κ3) is 3.91. The van der Waals surface area contributed by atoms with E-state index < -0.39 is 0 Å². The van der Waals surface area contributed by atoms with Crippen LogP contribution < -0.4 is 4.90 Å². The molecule has 0 aromatic carbocycles. The molecule has 1 fully saturated rings. The predicted octanol–water partition coefficient (Wildman–Crippen LogP) is 1.86. The van der Waals surface area contributed by atoms with Crippen molar-refractivity contribution >= 4 is 22.4 Å². The number of ether oxygens (including phenoxy) is 2. The molecule has 0 N–H and O–H groups in total. The summed E-state index contributed by atoms with van der Waals surface area (Å²) in [4.78, 5) is 17.9. The molecule has 0 spiro atoms. The minimum atomic E-state index is -0.193. The molecule has 1 aliphatic heterocycles. The first-order chi connectivity index (χ1) is 9.00. The third-order valence-electron chi connectivity index (χ3n) is 3.05. The molecular formula is C13H20N2O3S. The van der Waals surface area contributed by atoms with Crippen LogP contribution >= 0.6 is 11.3 Å². The molecule has 2 heterocycles. The number of hydrogen-bond acceptors (Lipinski definition) is 6. The van der Waals surface area contributed by atoms with Crippen LogP contribution in [0.3, 0.4) is 0 Å². The first-order valence-corrected chi connectivity index (χ1v) is 7.28. The number of anilines is 1. The summed E-state index contributed by atoms with van der Waals surface area (Å²) >= 11 is 1.62. The molecule has 5 nitrogen and oxygen atoms in total. The van der Waals surface area contributed by atoms with Crippen molar-refractivity contribution in [3.63, 3.8) is 0 Å². The second-order valence-electron chi connectivity index (χ2n) is 5.23. The van der Waals surface area contributed by atoms with Crippen LogP contribution in [0.4, 0.5) is 5.13 Å². The monoisotopic (exact) mass is 284 g/mol. The lowest BCUT2D eigenvalue weighted by atomic mass is 10.1. The maximum absolute atomic E-state index is 11.1. The van der Waals surface area contributed by atoms with Gasteiger partial charge in [-0.05, 0) is 13.8 Å². The quantitative estimate of drug-likeness (QED) is 0.790. The van der Waals surface area contributed by atoms with Crippen LogP contribution in [0, 0.1) is 0 Å². The van der Waals surface area contributed by atoms with Gasteiger partial charge in [0.05, 0.1) is 31.4 Å². The topological polar surface area (TPSA) is 51.7 Å².